The molecule has 25 heavy (non-hydrogen) atoms. The summed E-state index contributed by atoms with van der Waals surface area (Å²) in [6.07, 6.45) is 0.555. The summed E-state index contributed by atoms with van der Waals surface area (Å²) in [6, 6.07) is 9.21. The molecule has 0 saturated carbocycles. The van der Waals surface area contributed by atoms with Gasteiger partial charge in [0.25, 0.3) is 0 Å². The van der Waals surface area contributed by atoms with Crippen molar-refractivity contribution in [3.05, 3.63) is 59.7 Å². The second-order valence-electron chi connectivity index (χ2n) is 5.32. The van der Waals surface area contributed by atoms with Crippen molar-refractivity contribution in [2.45, 2.75) is 19.4 Å². The molecular formula is C18H18F2N2O3. The van der Waals surface area contributed by atoms with Crippen LogP contribution in [0.4, 0.5) is 14.5 Å². The molecule has 2 amide bonds. The fraction of sp³-hybridized carbons (Fsp3) is 0.222. The number of hydrogen-bond donors (Lipinski definition) is 2. The van der Waals surface area contributed by atoms with Crippen LogP contribution in [0.1, 0.15) is 24.9 Å². The van der Waals surface area contributed by atoms with E-state index in [0.717, 1.165) is 17.7 Å². The number of benzene rings is 2. The number of hydrogen-bond acceptors (Lipinski definition) is 3. The highest BCUT2D eigenvalue weighted by Gasteiger charge is 2.19. The number of carbonyl (C=O) groups is 2. The van der Waals surface area contributed by atoms with Crippen molar-refractivity contribution in [1.29, 1.82) is 0 Å². The van der Waals surface area contributed by atoms with Crippen molar-refractivity contribution in [2.24, 2.45) is 0 Å². The van der Waals surface area contributed by atoms with Gasteiger partial charge in [0.05, 0.1) is 13.2 Å². The van der Waals surface area contributed by atoms with Crippen LogP contribution in [0, 0.1) is 11.6 Å². The van der Waals surface area contributed by atoms with Gasteiger partial charge in [-0.2, -0.15) is 0 Å². The van der Waals surface area contributed by atoms with Crippen LogP contribution in [-0.4, -0.2) is 18.9 Å². The van der Waals surface area contributed by atoms with Crippen molar-refractivity contribution in [3.63, 3.8) is 0 Å². The van der Waals surface area contributed by atoms with Crippen LogP contribution in [0.2, 0.25) is 0 Å². The molecule has 0 radical (unpaired) electrons. The molecule has 0 aliphatic heterocycles. The Morgan fingerprint density at radius 3 is 2.16 bits per heavy atom. The lowest BCUT2D eigenvalue weighted by Crippen LogP contribution is -2.37. The molecule has 0 aliphatic rings. The minimum atomic E-state index is -1.00. The maximum absolute atomic E-state index is 13.1. The first-order valence-corrected chi connectivity index (χ1v) is 7.64. The van der Waals surface area contributed by atoms with Crippen molar-refractivity contribution in [1.82, 2.24) is 5.32 Å². The number of ether oxygens (including phenoxy) is 1. The van der Waals surface area contributed by atoms with E-state index in [4.69, 9.17) is 4.74 Å². The van der Waals surface area contributed by atoms with Crippen molar-refractivity contribution >= 4 is 17.5 Å². The Hall–Kier alpha value is -2.96. The Balaban J connectivity index is 2.03. The van der Waals surface area contributed by atoms with Crippen LogP contribution in [0.3, 0.4) is 0 Å². The number of anilines is 1. The molecule has 0 aromatic heterocycles. The van der Waals surface area contributed by atoms with Crippen molar-refractivity contribution < 1.29 is 23.1 Å². The number of halogens is 2. The van der Waals surface area contributed by atoms with E-state index in [2.05, 4.69) is 10.6 Å². The van der Waals surface area contributed by atoms with Gasteiger partial charge in [-0.3, -0.25) is 9.59 Å². The predicted octanol–water partition coefficient (Wildman–Crippen LogP) is 3.18. The third kappa shape index (κ3) is 5.00. The fourth-order valence-corrected chi connectivity index (χ4v) is 2.29. The quantitative estimate of drug-likeness (QED) is 0.816. The highest BCUT2D eigenvalue weighted by atomic mass is 19.1. The van der Waals surface area contributed by atoms with E-state index >= 15 is 0 Å². The first-order valence-electron chi connectivity index (χ1n) is 7.64. The first kappa shape index (κ1) is 18.4. The Kier molecular flexibility index (Phi) is 6.05. The Morgan fingerprint density at radius 1 is 1.04 bits per heavy atom. The molecule has 0 spiro atoms. The van der Waals surface area contributed by atoms with E-state index in [0.29, 0.717) is 18.2 Å². The first-order chi connectivity index (χ1) is 11.9. The molecule has 2 N–H and O–H groups in total. The van der Waals surface area contributed by atoms with Gasteiger partial charge in [0.15, 0.2) is 0 Å². The normalized spacial score (nSPS) is 11.5. The number of rotatable bonds is 5. The molecule has 132 valence electrons. The number of amides is 2. The van der Waals surface area contributed by atoms with Crippen LogP contribution in [0.25, 0.3) is 0 Å². The van der Waals surface area contributed by atoms with Gasteiger partial charge in [-0.05, 0) is 36.2 Å². The van der Waals surface area contributed by atoms with Gasteiger partial charge in [0, 0.05) is 11.8 Å². The minimum absolute atomic E-state index is 0.129. The molecule has 7 heteroatoms. The summed E-state index contributed by atoms with van der Waals surface area (Å²) in [4.78, 5) is 24.0. The summed E-state index contributed by atoms with van der Waals surface area (Å²) in [7, 11) is 1.55. The topological polar surface area (TPSA) is 67.4 Å². The van der Waals surface area contributed by atoms with E-state index in [-0.39, 0.29) is 11.7 Å². The fourth-order valence-electron chi connectivity index (χ4n) is 2.29. The molecule has 2 rings (SSSR count). The largest absolute Gasteiger partial charge is 0.497 e. The summed E-state index contributed by atoms with van der Waals surface area (Å²) in [5, 5.41) is 4.76. The molecule has 2 aromatic rings. The van der Waals surface area contributed by atoms with Crippen LogP contribution in [-0.2, 0) is 9.59 Å². The molecule has 0 saturated heterocycles. The second-order valence-corrected chi connectivity index (χ2v) is 5.32. The van der Waals surface area contributed by atoms with Gasteiger partial charge >= 0.3 is 11.8 Å². The third-order valence-electron chi connectivity index (χ3n) is 3.56. The monoisotopic (exact) mass is 348 g/mol. The van der Waals surface area contributed by atoms with Gasteiger partial charge in [0.1, 0.15) is 17.4 Å². The smallest absolute Gasteiger partial charge is 0.313 e. The van der Waals surface area contributed by atoms with Crippen molar-refractivity contribution in [2.75, 3.05) is 12.4 Å². The van der Waals surface area contributed by atoms with Crippen LogP contribution in [0.15, 0.2) is 42.5 Å². The van der Waals surface area contributed by atoms with Gasteiger partial charge < -0.3 is 15.4 Å². The number of methoxy groups -OCH3 is 1. The van der Waals surface area contributed by atoms with Crippen molar-refractivity contribution in [3.8, 4) is 5.75 Å². The molecule has 0 fully saturated rings. The zero-order valence-electron chi connectivity index (χ0n) is 13.8. The summed E-state index contributed by atoms with van der Waals surface area (Å²) < 4.78 is 31.3. The van der Waals surface area contributed by atoms with Crippen LogP contribution < -0.4 is 15.4 Å². The molecule has 0 aliphatic carbocycles. The molecule has 5 nitrogen and oxygen atoms in total. The molecular weight excluding hydrogens is 330 g/mol. The molecule has 0 bridgehead atoms. The lowest BCUT2D eigenvalue weighted by molar-refractivity contribution is -0.136. The highest BCUT2D eigenvalue weighted by Crippen LogP contribution is 2.20. The summed E-state index contributed by atoms with van der Waals surface area (Å²) in [6.45, 7) is 1.86. The zero-order chi connectivity index (χ0) is 18.4. The van der Waals surface area contributed by atoms with E-state index in [1.807, 2.05) is 6.92 Å². The van der Waals surface area contributed by atoms with Gasteiger partial charge in [-0.1, -0.05) is 19.1 Å². The average Bonchev–Trinajstić information content (AvgIpc) is 2.58. The minimum Gasteiger partial charge on any atom is -0.497 e. The molecule has 0 unspecified atom stereocenters. The number of nitrogens with one attached hydrogen (secondary N) is 2. The van der Waals surface area contributed by atoms with E-state index < -0.39 is 23.4 Å². The van der Waals surface area contributed by atoms with E-state index in [9.17, 15) is 18.4 Å². The Labute approximate surface area is 144 Å². The second kappa shape index (κ2) is 8.23. The maximum atomic E-state index is 13.1. The zero-order valence-corrected chi connectivity index (χ0v) is 13.8. The van der Waals surface area contributed by atoms with Gasteiger partial charge in [-0.15, -0.1) is 0 Å². The number of carbonyl (C=O) groups excluding carboxylic acids is 2. The lowest BCUT2D eigenvalue weighted by atomic mass is 10.0. The highest BCUT2D eigenvalue weighted by molar-refractivity contribution is 6.39. The maximum Gasteiger partial charge on any atom is 0.313 e. The lowest BCUT2D eigenvalue weighted by Gasteiger charge is -2.17. The van der Waals surface area contributed by atoms with Gasteiger partial charge in [-0.25, -0.2) is 8.78 Å². The van der Waals surface area contributed by atoms with Crippen LogP contribution in [0.5, 0.6) is 5.75 Å². The average molecular weight is 348 g/mol. The summed E-state index contributed by atoms with van der Waals surface area (Å²) in [5.41, 5.74) is 0.677. The third-order valence-corrected chi connectivity index (χ3v) is 3.56. The van der Waals surface area contributed by atoms with Gasteiger partial charge in [0.2, 0.25) is 0 Å². The molecule has 1 atom stereocenters. The predicted molar refractivity (Wildman–Crippen MR) is 89.2 cm³/mol. The van der Waals surface area contributed by atoms with E-state index in [1.54, 1.807) is 31.4 Å². The van der Waals surface area contributed by atoms with Crippen LogP contribution >= 0.6 is 0 Å². The Morgan fingerprint density at radius 2 is 1.64 bits per heavy atom. The van der Waals surface area contributed by atoms with E-state index in [1.165, 1.54) is 0 Å². The summed E-state index contributed by atoms with van der Waals surface area (Å²) >= 11 is 0. The molecule has 0 heterocycles. The Bertz CT molecular complexity index is 743. The SMILES string of the molecule is CC[C@@H](NC(=O)C(=O)Nc1cc(F)cc(F)c1)c1ccc(OC)cc1. The molecule has 2 aromatic carbocycles. The standard InChI is InChI=1S/C18H18F2N2O3/c1-3-16(11-4-6-15(25-2)7-5-11)22-18(24)17(23)21-14-9-12(19)8-13(20)10-14/h4-10,16H,3H2,1-2H3,(H,21,23)(H,22,24)/t16-/m1/s1. The summed E-state index contributed by atoms with van der Waals surface area (Å²) in [5.74, 6) is -2.92.